The molecule has 0 atom stereocenters. The highest BCUT2D eigenvalue weighted by atomic mass is 35.5. The molecule has 0 aromatic carbocycles. The molecule has 0 aliphatic carbocycles. The first-order chi connectivity index (χ1) is 9.02. The second-order valence-corrected chi connectivity index (χ2v) is 5.05. The number of anilines is 1. The summed E-state index contributed by atoms with van der Waals surface area (Å²) in [5.41, 5.74) is -0.195. The molecule has 3 nitrogen and oxygen atoms in total. The molecule has 1 aliphatic heterocycles. The zero-order valence-electron chi connectivity index (χ0n) is 10.4. The van der Waals surface area contributed by atoms with Crippen LogP contribution in [0.15, 0.2) is 12.1 Å². The Morgan fingerprint density at radius 2 is 1.84 bits per heavy atom. The Hall–Kier alpha value is -1.41. The quantitative estimate of drug-likeness (QED) is 0.779. The van der Waals surface area contributed by atoms with E-state index in [1.54, 1.807) is 0 Å². The molecule has 0 radical (unpaired) electrons. The summed E-state index contributed by atoms with van der Waals surface area (Å²) in [5.74, 6) is 0.322. The summed E-state index contributed by atoms with van der Waals surface area (Å²) in [6.07, 6.45) is 4.19. The summed E-state index contributed by atoms with van der Waals surface area (Å²) in [5, 5.41) is 5.57. The van der Waals surface area contributed by atoms with Crippen molar-refractivity contribution in [2.24, 2.45) is 0 Å². The number of halogens is 3. The van der Waals surface area contributed by atoms with Gasteiger partial charge >= 0.3 is 5.38 Å². The SMILES string of the molecule is N#Cc1ccc(C(F)(F)Cl)nc1N1CCCCCC1. The number of hydrogen-bond acceptors (Lipinski definition) is 3. The lowest BCUT2D eigenvalue weighted by Crippen LogP contribution is -2.26. The van der Waals surface area contributed by atoms with E-state index < -0.39 is 11.1 Å². The van der Waals surface area contributed by atoms with Gasteiger partial charge in [0, 0.05) is 13.1 Å². The standard InChI is InChI=1S/C13H14ClF2N3/c14-13(15,16)11-6-5-10(9-17)12(18-11)19-7-3-1-2-4-8-19/h5-6H,1-4,7-8H2. The van der Waals surface area contributed by atoms with Crippen molar-refractivity contribution >= 4 is 17.4 Å². The van der Waals surface area contributed by atoms with Crippen molar-refractivity contribution in [3.05, 3.63) is 23.4 Å². The lowest BCUT2D eigenvalue weighted by Gasteiger charge is -2.23. The van der Waals surface area contributed by atoms with E-state index in [4.69, 9.17) is 16.9 Å². The van der Waals surface area contributed by atoms with Crippen LogP contribution in [0.25, 0.3) is 0 Å². The van der Waals surface area contributed by atoms with E-state index in [1.807, 2.05) is 11.0 Å². The molecule has 0 amide bonds. The molecule has 1 aromatic heterocycles. The van der Waals surface area contributed by atoms with Crippen molar-refractivity contribution in [3.63, 3.8) is 0 Å². The highest BCUT2D eigenvalue weighted by Crippen LogP contribution is 2.33. The fourth-order valence-electron chi connectivity index (χ4n) is 2.22. The van der Waals surface area contributed by atoms with Crippen LogP contribution in [-0.2, 0) is 5.38 Å². The average Bonchev–Trinajstić information content (AvgIpc) is 2.65. The summed E-state index contributed by atoms with van der Waals surface area (Å²) in [7, 11) is 0. The summed E-state index contributed by atoms with van der Waals surface area (Å²) in [6.45, 7) is 1.47. The Balaban J connectivity index is 2.38. The minimum absolute atomic E-state index is 0.312. The van der Waals surface area contributed by atoms with Gasteiger partial charge in [0.2, 0.25) is 0 Å². The fraction of sp³-hybridized carbons (Fsp3) is 0.538. The van der Waals surface area contributed by atoms with E-state index in [0.717, 1.165) is 44.8 Å². The van der Waals surface area contributed by atoms with Gasteiger partial charge in [-0.15, -0.1) is 0 Å². The van der Waals surface area contributed by atoms with E-state index in [9.17, 15) is 8.78 Å². The van der Waals surface area contributed by atoms with Crippen LogP contribution in [0.1, 0.15) is 36.9 Å². The molecule has 1 aromatic rings. The Morgan fingerprint density at radius 1 is 1.21 bits per heavy atom. The average molecular weight is 286 g/mol. The Kier molecular flexibility index (Phi) is 4.20. The zero-order chi connectivity index (χ0) is 13.9. The van der Waals surface area contributed by atoms with Crippen LogP contribution in [0, 0.1) is 11.3 Å². The number of hydrogen-bond donors (Lipinski definition) is 0. The van der Waals surface area contributed by atoms with Crippen molar-refractivity contribution < 1.29 is 8.78 Å². The van der Waals surface area contributed by atoms with Gasteiger partial charge < -0.3 is 4.90 Å². The van der Waals surface area contributed by atoms with Crippen LogP contribution in [0.2, 0.25) is 0 Å². The first-order valence-corrected chi connectivity index (χ1v) is 6.63. The third-order valence-corrected chi connectivity index (χ3v) is 3.39. The van der Waals surface area contributed by atoms with E-state index in [-0.39, 0.29) is 0 Å². The molecular weight excluding hydrogens is 272 g/mol. The molecule has 102 valence electrons. The number of pyridine rings is 1. The van der Waals surface area contributed by atoms with E-state index in [0.29, 0.717) is 11.4 Å². The largest absolute Gasteiger partial charge is 0.364 e. The minimum atomic E-state index is -3.51. The molecule has 19 heavy (non-hydrogen) atoms. The van der Waals surface area contributed by atoms with Gasteiger partial charge in [-0.25, -0.2) is 4.98 Å². The number of nitriles is 1. The van der Waals surface area contributed by atoms with Crippen LogP contribution in [-0.4, -0.2) is 18.1 Å². The van der Waals surface area contributed by atoms with Crippen molar-refractivity contribution in [2.45, 2.75) is 31.1 Å². The van der Waals surface area contributed by atoms with E-state index in [1.165, 1.54) is 6.07 Å². The molecule has 2 heterocycles. The molecule has 0 N–H and O–H groups in total. The first-order valence-electron chi connectivity index (χ1n) is 6.25. The third-order valence-electron chi connectivity index (χ3n) is 3.19. The molecule has 1 fully saturated rings. The van der Waals surface area contributed by atoms with Gasteiger partial charge in [0.1, 0.15) is 17.6 Å². The summed E-state index contributed by atoms with van der Waals surface area (Å²) in [4.78, 5) is 5.80. The minimum Gasteiger partial charge on any atom is -0.356 e. The summed E-state index contributed by atoms with van der Waals surface area (Å²) < 4.78 is 26.2. The van der Waals surface area contributed by atoms with Gasteiger partial charge in [-0.1, -0.05) is 12.8 Å². The maximum atomic E-state index is 13.1. The predicted molar refractivity (Wildman–Crippen MR) is 69.4 cm³/mol. The molecule has 6 heteroatoms. The van der Waals surface area contributed by atoms with Crippen LogP contribution in [0.5, 0.6) is 0 Å². The van der Waals surface area contributed by atoms with Gasteiger partial charge in [-0.2, -0.15) is 14.0 Å². The highest BCUT2D eigenvalue weighted by Gasteiger charge is 2.31. The van der Waals surface area contributed by atoms with Gasteiger partial charge in [0.05, 0.1) is 5.56 Å². The second-order valence-electron chi connectivity index (χ2n) is 4.58. The van der Waals surface area contributed by atoms with Crippen molar-refractivity contribution in [1.82, 2.24) is 4.98 Å². The molecule has 0 saturated carbocycles. The molecule has 1 aliphatic rings. The molecule has 2 rings (SSSR count). The van der Waals surface area contributed by atoms with Gasteiger partial charge in [0.15, 0.2) is 0 Å². The van der Waals surface area contributed by atoms with E-state index >= 15 is 0 Å². The topological polar surface area (TPSA) is 39.9 Å². The van der Waals surface area contributed by atoms with Crippen LogP contribution < -0.4 is 4.90 Å². The molecular formula is C13H14ClF2N3. The first kappa shape index (κ1) is 14.0. The maximum Gasteiger partial charge on any atom is 0.364 e. The number of aromatic nitrogens is 1. The lowest BCUT2D eigenvalue weighted by molar-refractivity contribution is 0.0901. The fourth-order valence-corrected chi connectivity index (χ4v) is 2.32. The van der Waals surface area contributed by atoms with Crippen LogP contribution in [0.4, 0.5) is 14.6 Å². The predicted octanol–water partition coefficient (Wildman–Crippen LogP) is 3.62. The molecule has 1 saturated heterocycles. The smallest absolute Gasteiger partial charge is 0.356 e. The number of nitrogens with zero attached hydrogens (tertiary/aromatic N) is 3. The molecule has 0 bridgehead atoms. The van der Waals surface area contributed by atoms with Gasteiger partial charge in [0.25, 0.3) is 0 Å². The number of rotatable bonds is 2. The van der Waals surface area contributed by atoms with Crippen LogP contribution in [0.3, 0.4) is 0 Å². The van der Waals surface area contributed by atoms with Crippen LogP contribution >= 0.6 is 11.6 Å². The summed E-state index contributed by atoms with van der Waals surface area (Å²) in [6, 6.07) is 4.46. The second kappa shape index (κ2) is 5.70. The Labute approximate surface area is 115 Å². The number of alkyl halides is 3. The lowest BCUT2D eigenvalue weighted by atomic mass is 10.2. The Morgan fingerprint density at radius 3 is 2.37 bits per heavy atom. The monoisotopic (exact) mass is 285 g/mol. The Bertz CT molecular complexity index is 486. The van der Waals surface area contributed by atoms with E-state index in [2.05, 4.69) is 4.98 Å². The zero-order valence-corrected chi connectivity index (χ0v) is 11.1. The van der Waals surface area contributed by atoms with Gasteiger partial charge in [-0.3, -0.25) is 0 Å². The third kappa shape index (κ3) is 3.32. The normalized spacial score (nSPS) is 16.8. The van der Waals surface area contributed by atoms with Crippen molar-refractivity contribution in [3.8, 4) is 6.07 Å². The molecule has 0 spiro atoms. The maximum absolute atomic E-state index is 13.1. The van der Waals surface area contributed by atoms with Crippen molar-refractivity contribution in [1.29, 1.82) is 5.26 Å². The molecule has 0 unspecified atom stereocenters. The van der Waals surface area contributed by atoms with Crippen molar-refractivity contribution in [2.75, 3.05) is 18.0 Å². The highest BCUT2D eigenvalue weighted by molar-refractivity contribution is 6.21. The van der Waals surface area contributed by atoms with Gasteiger partial charge in [-0.05, 0) is 36.6 Å². The summed E-state index contributed by atoms with van der Waals surface area (Å²) >= 11 is 5.00.